The lowest BCUT2D eigenvalue weighted by molar-refractivity contribution is -0.424. The monoisotopic (exact) mass is 410 g/mol. The Hall–Kier alpha value is -1.64. The quantitative estimate of drug-likeness (QED) is 0.338. The molecule has 30 heavy (non-hydrogen) atoms. The van der Waals surface area contributed by atoms with E-state index in [1.54, 1.807) is 0 Å². The van der Waals surface area contributed by atoms with Crippen LogP contribution in [0.4, 0.5) is 0 Å². The Balaban J connectivity index is 2.40. The predicted octanol–water partition coefficient (Wildman–Crippen LogP) is 8.25. The zero-order chi connectivity index (χ0) is 22.8. The van der Waals surface area contributed by atoms with E-state index in [1.165, 1.54) is 11.1 Å². The van der Waals surface area contributed by atoms with Crippen LogP contribution in [0.3, 0.4) is 0 Å². The molecule has 0 fully saturated rings. The van der Waals surface area contributed by atoms with Gasteiger partial charge in [-0.3, -0.25) is 0 Å². The first-order valence-corrected chi connectivity index (χ1v) is 11.1. The Kier molecular flexibility index (Phi) is 7.26. The lowest BCUT2D eigenvalue weighted by atomic mass is 9.78. The first-order chi connectivity index (χ1) is 13.6. The Morgan fingerprint density at radius 2 is 0.767 bits per heavy atom. The van der Waals surface area contributed by atoms with Gasteiger partial charge in [-0.1, -0.05) is 101 Å². The summed E-state index contributed by atoms with van der Waals surface area (Å²) in [6.07, 6.45) is 1.70. The van der Waals surface area contributed by atoms with Crippen molar-refractivity contribution in [1.82, 2.24) is 0 Å². The first kappa shape index (κ1) is 24.6. The normalized spacial score (nSPS) is 16.7. The minimum Gasteiger partial charge on any atom is -0.225 e. The van der Waals surface area contributed by atoms with Crippen molar-refractivity contribution in [3.8, 4) is 0 Å². The van der Waals surface area contributed by atoms with Gasteiger partial charge in [0.15, 0.2) is 0 Å². The highest BCUT2D eigenvalue weighted by Crippen LogP contribution is 2.43. The second-order valence-electron chi connectivity index (χ2n) is 11.8. The fraction of sp³-hybridized carbons (Fsp3) is 0.571. The van der Waals surface area contributed by atoms with Crippen molar-refractivity contribution in [2.75, 3.05) is 0 Å². The molecule has 0 amide bonds. The van der Waals surface area contributed by atoms with Gasteiger partial charge in [-0.25, -0.2) is 9.78 Å². The SMILES string of the molecule is Cc1ccc(C(C)(CC(C)(C)C)OOC(C)(CC(C)(C)C)c2ccc(C)cc2)cc1. The Labute approximate surface area is 184 Å². The third kappa shape index (κ3) is 6.96. The van der Waals surface area contributed by atoms with Crippen LogP contribution < -0.4 is 0 Å². The van der Waals surface area contributed by atoms with Crippen LogP contribution in [0.25, 0.3) is 0 Å². The molecule has 0 aliphatic rings. The van der Waals surface area contributed by atoms with Gasteiger partial charge in [-0.15, -0.1) is 0 Å². The predicted molar refractivity (Wildman–Crippen MR) is 127 cm³/mol. The molecule has 0 spiro atoms. The summed E-state index contributed by atoms with van der Waals surface area (Å²) in [6, 6.07) is 17.2. The maximum absolute atomic E-state index is 6.43. The zero-order valence-corrected chi connectivity index (χ0v) is 20.8. The van der Waals surface area contributed by atoms with E-state index in [9.17, 15) is 0 Å². The van der Waals surface area contributed by atoms with Gasteiger partial charge in [0.05, 0.1) is 0 Å². The van der Waals surface area contributed by atoms with E-state index in [2.05, 4.69) is 118 Å². The van der Waals surface area contributed by atoms with Gasteiger partial charge in [0.2, 0.25) is 0 Å². The maximum atomic E-state index is 6.43. The molecule has 0 saturated carbocycles. The van der Waals surface area contributed by atoms with Gasteiger partial charge >= 0.3 is 0 Å². The van der Waals surface area contributed by atoms with E-state index in [1.807, 2.05) is 0 Å². The fourth-order valence-electron chi connectivity index (χ4n) is 4.38. The molecular weight excluding hydrogens is 368 g/mol. The molecule has 0 bridgehead atoms. The first-order valence-electron chi connectivity index (χ1n) is 11.1. The molecule has 2 heteroatoms. The van der Waals surface area contributed by atoms with Crippen LogP contribution >= 0.6 is 0 Å². The second kappa shape index (κ2) is 8.85. The molecule has 2 aromatic carbocycles. The van der Waals surface area contributed by atoms with Crippen molar-refractivity contribution < 1.29 is 9.78 Å². The standard InChI is InChI=1S/C28H42O2/c1-21-11-15-23(16-12-21)27(9,19-25(3,4)5)29-30-28(10,20-26(6,7)8)24-17-13-22(2)14-18-24/h11-18H,19-20H2,1-10H3. The number of rotatable bonds is 7. The summed E-state index contributed by atoms with van der Waals surface area (Å²) in [5.41, 5.74) is 3.87. The van der Waals surface area contributed by atoms with Crippen molar-refractivity contribution in [3.63, 3.8) is 0 Å². The topological polar surface area (TPSA) is 18.5 Å². The van der Waals surface area contributed by atoms with Crippen LogP contribution in [0.15, 0.2) is 48.5 Å². The van der Waals surface area contributed by atoms with Gasteiger partial charge in [-0.2, -0.15) is 0 Å². The van der Waals surface area contributed by atoms with Crippen molar-refractivity contribution in [2.24, 2.45) is 10.8 Å². The fourth-order valence-corrected chi connectivity index (χ4v) is 4.38. The molecule has 2 rings (SSSR count). The third-order valence-corrected chi connectivity index (χ3v) is 5.47. The molecular formula is C28H42O2. The van der Waals surface area contributed by atoms with Crippen LogP contribution in [0.5, 0.6) is 0 Å². The average molecular weight is 411 g/mol. The van der Waals surface area contributed by atoms with Crippen LogP contribution in [-0.2, 0) is 21.0 Å². The molecule has 0 aromatic heterocycles. The maximum Gasteiger partial charge on any atom is 0.126 e. The molecule has 166 valence electrons. The van der Waals surface area contributed by atoms with E-state index < -0.39 is 11.2 Å². The minimum absolute atomic E-state index is 0.0906. The van der Waals surface area contributed by atoms with E-state index in [4.69, 9.17) is 9.78 Å². The van der Waals surface area contributed by atoms with Crippen molar-refractivity contribution in [1.29, 1.82) is 0 Å². The largest absolute Gasteiger partial charge is 0.225 e. The zero-order valence-electron chi connectivity index (χ0n) is 20.8. The van der Waals surface area contributed by atoms with Gasteiger partial charge in [-0.05, 0) is 62.5 Å². The summed E-state index contributed by atoms with van der Waals surface area (Å²) in [6.45, 7) is 22.0. The van der Waals surface area contributed by atoms with Crippen LogP contribution in [0, 0.1) is 24.7 Å². The number of benzene rings is 2. The van der Waals surface area contributed by atoms with E-state index >= 15 is 0 Å². The summed E-state index contributed by atoms with van der Waals surface area (Å²) in [5.74, 6) is 0. The smallest absolute Gasteiger partial charge is 0.126 e. The number of aryl methyl sites for hydroxylation is 2. The molecule has 0 N–H and O–H groups in total. The highest BCUT2D eigenvalue weighted by molar-refractivity contribution is 5.28. The van der Waals surface area contributed by atoms with Crippen molar-refractivity contribution in [2.45, 2.75) is 93.3 Å². The second-order valence-corrected chi connectivity index (χ2v) is 11.8. The lowest BCUT2D eigenvalue weighted by Gasteiger charge is -2.40. The van der Waals surface area contributed by atoms with Crippen molar-refractivity contribution in [3.05, 3.63) is 70.8 Å². The summed E-state index contributed by atoms with van der Waals surface area (Å²) in [5, 5.41) is 0. The highest BCUT2D eigenvalue weighted by Gasteiger charge is 2.40. The van der Waals surface area contributed by atoms with E-state index in [0.717, 1.165) is 24.0 Å². The molecule has 0 saturated heterocycles. The Bertz CT molecular complexity index is 734. The van der Waals surface area contributed by atoms with Crippen molar-refractivity contribution >= 4 is 0 Å². The lowest BCUT2D eigenvalue weighted by Crippen LogP contribution is -2.38. The van der Waals surface area contributed by atoms with Gasteiger partial charge < -0.3 is 0 Å². The van der Waals surface area contributed by atoms with E-state index in [0.29, 0.717) is 0 Å². The van der Waals surface area contributed by atoms with Crippen LogP contribution in [0.2, 0.25) is 0 Å². The summed E-state index contributed by atoms with van der Waals surface area (Å²) in [4.78, 5) is 12.9. The number of hydrogen-bond donors (Lipinski definition) is 0. The molecule has 0 heterocycles. The van der Waals surface area contributed by atoms with E-state index in [-0.39, 0.29) is 10.8 Å². The molecule has 0 aliphatic heterocycles. The highest BCUT2D eigenvalue weighted by atomic mass is 17.2. The summed E-state index contributed by atoms with van der Waals surface area (Å²) < 4.78 is 0. The Morgan fingerprint density at radius 1 is 0.500 bits per heavy atom. The third-order valence-electron chi connectivity index (χ3n) is 5.47. The molecule has 0 aliphatic carbocycles. The summed E-state index contributed by atoms with van der Waals surface area (Å²) >= 11 is 0. The average Bonchev–Trinajstić information content (AvgIpc) is 2.58. The molecule has 2 atom stereocenters. The van der Waals surface area contributed by atoms with Gasteiger partial charge in [0, 0.05) is 0 Å². The minimum atomic E-state index is -0.546. The molecule has 2 unspecified atom stereocenters. The van der Waals surface area contributed by atoms with Crippen LogP contribution in [-0.4, -0.2) is 0 Å². The Morgan fingerprint density at radius 3 is 1.00 bits per heavy atom. The van der Waals surface area contributed by atoms with Gasteiger partial charge in [0.1, 0.15) is 11.2 Å². The summed E-state index contributed by atoms with van der Waals surface area (Å²) in [7, 11) is 0. The molecule has 0 radical (unpaired) electrons. The van der Waals surface area contributed by atoms with Crippen LogP contribution in [0.1, 0.15) is 90.5 Å². The number of hydrogen-bond acceptors (Lipinski definition) is 2. The van der Waals surface area contributed by atoms with Gasteiger partial charge in [0.25, 0.3) is 0 Å². The molecule has 2 aromatic rings. The molecule has 2 nitrogen and oxygen atoms in total.